The number of nitrogens with one attached hydrogen (secondary N) is 1. The van der Waals surface area contributed by atoms with Crippen molar-refractivity contribution in [2.45, 2.75) is 19.4 Å². The fourth-order valence-corrected chi connectivity index (χ4v) is 2.38. The van der Waals surface area contributed by atoms with E-state index in [1.165, 1.54) is 12.8 Å². The van der Waals surface area contributed by atoms with E-state index in [2.05, 4.69) is 16.6 Å². The summed E-state index contributed by atoms with van der Waals surface area (Å²) in [6, 6.07) is 3.86. The molecule has 1 unspecified atom stereocenters. The fourth-order valence-electron chi connectivity index (χ4n) is 2.38. The van der Waals surface area contributed by atoms with E-state index in [9.17, 15) is 0 Å². The van der Waals surface area contributed by atoms with Crippen LogP contribution in [-0.4, -0.2) is 22.9 Å². The van der Waals surface area contributed by atoms with Crippen LogP contribution in [0.4, 0.5) is 0 Å². The van der Waals surface area contributed by atoms with Crippen molar-refractivity contribution in [1.29, 1.82) is 0 Å². The Kier molecular flexibility index (Phi) is 2.96. The molecule has 1 aliphatic rings. The van der Waals surface area contributed by atoms with Crippen LogP contribution in [0.5, 0.6) is 0 Å². The van der Waals surface area contributed by atoms with E-state index >= 15 is 0 Å². The van der Waals surface area contributed by atoms with Crippen LogP contribution in [0, 0.1) is 5.92 Å². The molecule has 1 aliphatic heterocycles. The molecular formula is C13H17N3O. The van der Waals surface area contributed by atoms with Crippen LogP contribution in [0.15, 0.2) is 35.2 Å². The van der Waals surface area contributed by atoms with Crippen molar-refractivity contribution in [2.75, 3.05) is 13.1 Å². The standard InChI is InChI=1S/C13H17N3O/c1-3-11(7-14-5-1)9-16-10-12(8-15-16)13-4-2-6-17-13/h2,4,6,8,10-11,14H,1,3,5,7,9H2. The summed E-state index contributed by atoms with van der Waals surface area (Å²) in [6.45, 7) is 3.26. The molecule has 0 bridgehead atoms. The van der Waals surface area contributed by atoms with Crippen molar-refractivity contribution < 1.29 is 4.42 Å². The number of nitrogens with zero attached hydrogens (tertiary/aromatic N) is 2. The number of hydrogen-bond acceptors (Lipinski definition) is 3. The Labute approximate surface area is 101 Å². The van der Waals surface area contributed by atoms with Crippen molar-refractivity contribution in [1.82, 2.24) is 15.1 Å². The first kappa shape index (κ1) is 10.6. The monoisotopic (exact) mass is 231 g/mol. The van der Waals surface area contributed by atoms with Gasteiger partial charge in [0.25, 0.3) is 0 Å². The zero-order valence-corrected chi connectivity index (χ0v) is 9.80. The van der Waals surface area contributed by atoms with Crippen LogP contribution in [0.2, 0.25) is 0 Å². The minimum absolute atomic E-state index is 0.702. The topological polar surface area (TPSA) is 43.0 Å². The Morgan fingerprint density at radius 3 is 3.29 bits per heavy atom. The first-order chi connectivity index (χ1) is 8.42. The molecule has 17 heavy (non-hydrogen) atoms. The third kappa shape index (κ3) is 2.42. The lowest BCUT2D eigenvalue weighted by Crippen LogP contribution is -2.32. The van der Waals surface area contributed by atoms with E-state index in [0.29, 0.717) is 5.92 Å². The molecule has 1 saturated heterocycles. The van der Waals surface area contributed by atoms with Gasteiger partial charge in [0.05, 0.1) is 18.0 Å². The summed E-state index contributed by atoms with van der Waals surface area (Å²) < 4.78 is 7.38. The average Bonchev–Trinajstić information content (AvgIpc) is 3.00. The second-order valence-corrected chi connectivity index (χ2v) is 4.64. The lowest BCUT2D eigenvalue weighted by Gasteiger charge is -2.22. The normalized spacial score (nSPS) is 20.6. The van der Waals surface area contributed by atoms with E-state index < -0.39 is 0 Å². The first-order valence-electron chi connectivity index (χ1n) is 6.19. The smallest absolute Gasteiger partial charge is 0.137 e. The van der Waals surface area contributed by atoms with Gasteiger partial charge in [0.15, 0.2) is 0 Å². The summed E-state index contributed by atoms with van der Waals surface area (Å²) in [4.78, 5) is 0. The molecule has 3 rings (SSSR count). The van der Waals surface area contributed by atoms with Crippen molar-refractivity contribution in [3.8, 4) is 11.3 Å². The lowest BCUT2D eigenvalue weighted by molar-refractivity contribution is 0.325. The minimum Gasteiger partial charge on any atom is -0.464 e. The van der Waals surface area contributed by atoms with E-state index in [0.717, 1.165) is 31.0 Å². The summed E-state index contributed by atoms with van der Waals surface area (Å²) in [6.07, 6.45) is 8.19. The maximum atomic E-state index is 5.36. The molecule has 90 valence electrons. The van der Waals surface area contributed by atoms with Crippen LogP contribution in [0.25, 0.3) is 11.3 Å². The summed E-state index contributed by atoms with van der Waals surface area (Å²) in [5, 5.41) is 7.82. The molecule has 1 N–H and O–H groups in total. The molecule has 0 radical (unpaired) electrons. The average molecular weight is 231 g/mol. The number of aromatic nitrogens is 2. The Bertz CT molecular complexity index is 455. The summed E-state index contributed by atoms with van der Waals surface area (Å²) in [7, 11) is 0. The molecule has 0 aromatic carbocycles. The Balaban J connectivity index is 1.68. The van der Waals surface area contributed by atoms with E-state index in [-0.39, 0.29) is 0 Å². The van der Waals surface area contributed by atoms with Gasteiger partial charge in [-0.2, -0.15) is 5.10 Å². The summed E-state index contributed by atoms with van der Waals surface area (Å²) >= 11 is 0. The first-order valence-corrected chi connectivity index (χ1v) is 6.19. The highest BCUT2D eigenvalue weighted by atomic mass is 16.3. The van der Waals surface area contributed by atoms with Gasteiger partial charge in [0, 0.05) is 12.7 Å². The number of rotatable bonds is 3. The molecule has 4 heteroatoms. The van der Waals surface area contributed by atoms with Gasteiger partial charge in [-0.05, 0) is 44.0 Å². The Morgan fingerprint density at radius 2 is 2.53 bits per heavy atom. The van der Waals surface area contributed by atoms with Crippen molar-refractivity contribution in [3.05, 3.63) is 30.8 Å². The van der Waals surface area contributed by atoms with Gasteiger partial charge in [-0.15, -0.1) is 0 Å². The van der Waals surface area contributed by atoms with Gasteiger partial charge < -0.3 is 9.73 Å². The van der Waals surface area contributed by atoms with Crippen LogP contribution in [0.1, 0.15) is 12.8 Å². The molecular weight excluding hydrogens is 214 g/mol. The second kappa shape index (κ2) is 4.75. The summed E-state index contributed by atoms with van der Waals surface area (Å²) in [5.41, 5.74) is 1.05. The quantitative estimate of drug-likeness (QED) is 0.880. The van der Waals surface area contributed by atoms with Crippen LogP contribution in [0.3, 0.4) is 0 Å². The SMILES string of the molecule is c1coc(-c2cnn(CC3CCCNC3)c2)c1. The Hall–Kier alpha value is -1.55. The third-order valence-corrected chi connectivity index (χ3v) is 3.28. The lowest BCUT2D eigenvalue weighted by atomic mass is 10.00. The molecule has 0 spiro atoms. The second-order valence-electron chi connectivity index (χ2n) is 4.64. The highest BCUT2D eigenvalue weighted by Gasteiger charge is 2.14. The van der Waals surface area contributed by atoms with Gasteiger partial charge in [-0.3, -0.25) is 4.68 Å². The van der Waals surface area contributed by atoms with Crippen molar-refractivity contribution >= 4 is 0 Å². The molecule has 3 heterocycles. The van der Waals surface area contributed by atoms with Crippen molar-refractivity contribution in [2.24, 2.45) is 5.92 Å². The Morgan fingerprint density at radius 1 is 1.53 bits per heavy atom. The predicted octanol–water partition coefficient (Wildman–Crippen LogP) is 2.14. The zero-order valence-electron chi connectivity index (χ0n) is 9.80. The third-order valence-electron chi connectivity index (χ3n) is 3.28. The number of furan rings is 1. The van der Waals surface area contributed by atoms with Crippen molar-refractivity contribution in [3.63, 3.8) is 0 Å². The molecule has 0 aliphatic carbocycles. The highest BCUT2D eigenvalue weighted by Crippen LogP contribution is 2.19. The highest BCUT2D eigenvalue weighted by molar-refractivity contribution is 5.54. The molecule has 4 nitrogen and oxygen atoms in total. The van der Waals surface area contributed by atoms with Crippen LogP contribution < -0.4 is 5.32 Å². The molecule has 1 fully saturated rings. The molecule has 0 amide bonds. The van der Waals surface area contributed by atoms with Gasteiger partial charge >= 0.3 is 0 Å². The maximum absolute atomic E-state index is 5.36. The summed E-state index contributed by atoms with van der Waals surface area (Å²) in [5.74, 6) is 1.59. The minimum atomic E-state index is 0.702. The van der Waals surface area contributed by atoms with Gasteiger partial charge in [-0.25, -0.2) is 0 Å². The van der Waals surface area contributed by atoms with Crippen LogP contribution >= 0.6 is 0 Å². The molecule has 2 aromatic rings. The maximum Gasteiger partial charge on any atom is 0.137 e. The van der Waals surface area contributed by atoms with E-state index in [1.54, 1.807) is 6.26 Å². The predicted molar refractivity (Wildman–Crippen MR) is 65.5 cm³/mol. The van der Waals surface area contributed by atoms with Gasteiger partial charge in [0.2, 0.25) is 0 Å². The molecule has 2 aromatic heterocycles. The van der Waals surface area contributed by atoms with Crippen LogP contribution in [-0.2, 0) is 6.54 Å². The fraction of sp³-hybridized carbons (Fsp3) is 0.462. The van der Waals surface area contributed by atoms with Gasteiger partial charge in [-0.1, -0.05) is 0 Å². The molecule has 1 atom stereocenters. The van der Waals surface area contributed by atoms with E-state index in [4.69, 9.17) is 4.42 Å². The number of piperidine rings is 1. The zero-order chi connectivity index (χ0) is 11.5. The van der Waals surface area contributed by atoms with Gasteiger partial charge in [0.1, 0.15) is 5.76 Å². The molecule has 0 saturated carbocycles. The van der Waals surface area contributed by atoms with E-state index in [1.807, 2.05) is 23.0 Å². The number of hydrogen-bond donors (Lipinski definition) is 1. The largest absolute Gasteiger partial charge is 0.464 e.